The van der Waals surface area contributed by atoms with Crippen LogP contribution in [0.1, 0.15) is 31.5 Å². The van der Waals surface area contributed by atoms with Crippen LogP contribution in [0.2, 0.25) is 0 Å². The van der Waals surface area contributed by atoms with E-state index >= 15 is 0 Å². The molecule has 0 atom stereocenters. The Morgan fingerprint density at radius 2 is 1.93 bits per heavy atom. The van der Waals surface area contributed by atoms with E-state index in [4.69, 9.17) is 4.74 Å². The van der Waals surface area contributed by atoms with E-state index in [1.54, 1.807) is 14.0 Å². The molecule has 1 aromatic rings. The van der Waals surface area contributed by atoms with E-state index in [-0.39, 0.29) is 25.6 Å². The Hall–Kier alpha value is -2.21. The standard InChI is InChI=1S/C15H25N5O6S/c1-4-26-13(22)9-16-12(21)10-20-15(23)18(2)14(17-20)11-5-7-19(8-6-11)27(3,24)25/h11H,4-10H2,1-3H3,(H,16,21). The maximum atomic E-state index is 12.3. The minimum atomic E-state index is -3.23. The number of carbonyl (C=O) groups excluding carboxylic acids is 2. The van der Waals surface area contributed by atoms with Crippen LogP contribution in [0.5, 0.6) is 0 Å². The summed E-state index contributed by atoms with van der Waals surface area (Å²) in [7, 11) is -1.66. The van der Waals surface area contributed by atoms with Crippen LogP contribution in [0.15, 0.2) is 4.79 Å². The number of esters is 1. The second kappa shape index (κ2) is 8.65. The third-order valence-corrected chi connectivity index (χ3v) is 5.69. The van der Waals surface area contributed by atoms with Crippen LogP contribution < -0.4 is 11.0 Å². The van der Waals surface area contributed by atoms with E-state index < -0.39 is 27.6 Å². The number of aromatic nitrogens is 3. The van der Waals surface area contributed by atoms with Crippen molar-refractivity contribution >= 4 is 21.9 Å². The summed E-state index contributed by atoms with van der Waals surface area (Å²) in [5.41, 5.74) is -0.443. The van der Waals surface area contributed by atoms with Gasteiger partial charge in [0.25, 0.3) is 0 Å². The molecule has 2 heterocycles. The Morgan fingerprint density at radius 3 is 2.48 bits per heavy atom. The Kier molecular flexibility index (Phi) is 6.76. The molecule has 11 nitrogen and oxygen atoms in total. The van der Waals surface area contributed by atoms with Crippen molar-refractivity contribution in [3.63, 3.8) is 0 Å². The van der Waals surface area contributed by atoms with Crippen LogP contribution in [-0.2, 0) is 37.9 Å². The van der Waals surface area contributed by atoms with Crippen molar-refractivity contribution in [2.45, 2.75) is 32.2 Å². The number of sulfonamides is 1. The highest BCUT2D eigenvalue weighted by Crippen LogP contribution is 2.26. The largest absolute Gasteiger partial charge is 0.465 e. The zero-order chi connectivity index (χ0) is 20.2. The average Bonchev–Trinajstić information content (AvgIpc) is 2.88. The van der Waals surface area contributed by atoms with Crippen molar-refractivity contribution < 1.29 is 22.7 Å². The molecular formula is C15H25N5O6S. The van der Waals surface area contributed by atoms with Gasteiger partial charge >= 0.3 is 11.7 Å². The number of ether oxygens (including phenoxy) is 1. The fraction of sp³-hybridized carbons (Fsp3) is 0.733. The van der Waals surface area contributed by atoms with E-state index in [0.717, 1.165) is 4.68 Å². The average molecular weight is 403 g/mol. The number of amides is 1. The number of nitrogens with zero attached hydrogens (tertiary/aromatic N) is 4. The van der Waals surface area contributed by atoms with Crippen LogP contribution in [0.3, 0.4) is 0 Å². The van der Waals surface area contributed by atoms with Gasteiger partial charge in [0.15, 0.2) is 0 Å². The molecule has 0 bridgehead atoms. The minimum absolute atomic E-state index is 0.0652. The van der Waals surface area contributed by atoms with Crippen molar-refractivity contribution in [1.29, 1.82) is 0 Å². The predicted molar refractivity (Wildman–Crippen MR) is 95.5 cm³/mol. The summed E-state index contributed by atoms with van der Waals surface area (Å²) >= 11 is 0. The lowest BCUT2D eigenvalue weighted by molar-refractivity contribution is -0.143. The molecule has 27 heavy (non-hydrogen) atoms. The Balaban J connectivity index is 2.01. The number of piperidine rings is 1. The maximum absolute atomic E-state index is 12.3. The quantitative estimate of drug-likeness (QED) is 0.542. The van der Waals surface area contributed by atoms with Crippen molar-refractivity contribution in [1.82, 2.24) is 24.0 Å². The summed E-state index contributed by atoms with van der Waals surface area (Å²) in [4.78, 5) is 35.5. The van der Waals surface area contributed by atoms with Gasteiger partial charge in [-0.2, -0.15) is 5.10 Å². The smallest absolute Gasteiger partial charge is 0.346 e. The van der Waals surface area contributed by atoms with E-state index in [0.29, 0.717) is 31.8 Å². The summed E-state index contributed by atoms with van der Waals surface area (Å²) in [6.07, 6.45) is 2.27. The summed E-state index contributed by atoms with van der Waals surface area (Å²) < 4.78 is 31.7. The monoisotopic (exact) mass is 403 g/mol. The molecule has 1 aromatic heterocycles. The van der Waals surface area contributed by atoms with Crippen LogP contribution in [0.25, 0.3) is 0 Å². The summed E-state index contributed by atoms with van der Waals surface area (Å²) in [6, 6.07) is 0. The molecule has 152 valence electrons. The molecule has 0 aromatic carbocycles. The molecule has 1 saturated heterocycles. The number of nitrogens with one attached hydrogen (secondary N) is 1. The number of carbonyl (C=O) groups is 2. The van der Waals surface area contributed by atoms with Crippen molar-refractivity contribution in [3.05, 3.63) is 16.3 Å². The number of hydrogen-bond acceptors (Lipinski definition) is 7. The topological polar surface area (TPSA) is 133 Å². The van der Waals surface area contributed by atoms with Crippen molar-refractivity contribution in [2.75, 3.05) is 32.5 Å². The molecule has 2 rings (SSSR count). The summed E-state index contributed by atoms with van der Waals surface area (Å²) in [6.45, 7) is 2.03. The molecule has 1 aliphatic rings. The molecule has 1 aliphatic heterocycles. The van der Waals surface area contributed by atoms with Crippen LogP contribution in [0.4, 0.5) is 0 Å². The number of hydrogen-bond donors (Lipinski definition) is 1. The third kappa shape index (κ3) is 5.39. The van der Waals surface area contributed by atoms with Crippen molar-refractivity contribution in [2.24, 2.45) is 7.05 Å². The van der Waals surface area contributed by atoms with Gasteiger partial charge in [-0.15, -0.1) is 0 Å². The maximum Gasteiger partial charge on any atom is 0.346 e. The predicted octanol–water partition coefficient (Wildman–Crippen LogP) is -1.60. The highest BCUT2D eigenvalue weighted by atomic mass is 32.2. The SMILES string of the molecule is CCOC(=O)CNC(=O)Cn1nc(C2CCN(S(C)(=O)=O)CC2)n(C)c1=O. The Morgan fingerprint density at radius 1 is 1.30 bits per heavy atom. The summed E-state index contributed by atoms with van der Waals surface area (Å²) in [5.74, 6) is -0.630. The molecule has 0 spiro atoms. The van der Waals surface area contributed by atoms with Crippen LogP contribution in [0, 0.1) is 0 Å². The zero-order valence-electron chi connectivity index (χ0n) is 15.7. The van der Waals surface area contributed by atoms with Crippen LogP contribution in [-0.4, -0.2) is 71.4 Å². The Bertz CT molecular complexity index is 851. The molecule has 0 radical (unpaired) electrons. The number of rotatable bonds is 7. The molecule has 12 heteroatoms. The zero-order valence-corrected chi connectivity index (χ0v) is 16.5. The lowest BCUT2D eigenvalue weighted by atomic mass is 9.97. The van der Waals surface area contributed by atoms with Gasteiger partial charge in [-0.1, -0.05) is 0 Å². The second-order valence-electron chi connectivity index (χ2n) is 6.38. The van der Waals surface area contributed by atoms with Gasteiger partial charge in [0.05, 0.1) is 12.9 Å². The first-order valence-corrected chi connectivity index (χ1v) is 10.5. The van der Waals surface area contributed by atoms with Crippen molar-refractivity contribution in [3.8, 4) is 0 Å². The van der Waals surface area contributed by atoms with E-state index in [1.807, 2.05) is 0 Å². The third-order valence-electron chi connectivity index (χ3n) is 4.39. The molecule has 0 aliphatic carbocycles. The molecule has 1 fully saturated rings. The molecule has 1 amide bonds. The normalized spacial score (nSPS) is 16.3. The van der Waals surface area contributed by atoms with E-state index in [2.05, 4.69) is 10.4 Å². The first-order chi connectivity index (χ1) is 12.6. The minimum Gasteiger partial charge on any atom is -0.465 e. The van der Waals surface area contributed by atoms with Gasteiger partial charge in [-0.05, 0) is 19.8 Å². The molecule has 0 unspecified atom stereocenters. The lowest BCUT2D eigenvalue weighted by Gasteiger charge is -2.29. The lowest BCUT2D eigenvalue weighted by Crippen LogP contribution is -2.37. The molecule has 0 saturated carbocycles. The van der Waals surface area contributed by atoms with Gasteiger partial charge in [0, 0.05) is 26.1 Å². The Labute approximate surface area is 157 Å². The second-order valence-corrected chi connectivity index (χ2v) is 8.36. The summed E-state index contributed by atoms with van der Waals surface area (Å²) in [5, 5.41) is 6.62. The first-order valence-electron chi connectivity index (χ1n) is 8.64. The molecular weight excluding hydrogens is 378 g/mol. The fourth-order valence-corrected chi connectivity index (χ4v) is 3.86. The van der Waals surface area contributed by atoms with Gasteiger partial charge in [-0.3, -0.25) is 14.2 Å². The van der Waals surface area contributed by atoms with E-state index in [1.165, 1.54) is 15.1 Å². The van der Waals surface area contributed by atoms with Gasteiger partial charge < -0.3 is 10.1 Å². The van der Waals surface area contributed by atoms with Gasteiger partial charge in [0.2, 0.25) is 15.9 Å². The van der Waals surface area contributed by atoms with Gasteiger partial charge in [0.1, 0.15) is 18.9 Å². The van der Waals surface area contributed by atoms with E-state index in [9.17, 15) is 22.8 Å². The van der Waals surface area contributed by atoms with Gasteiger partial charge in [-0.25, -0.2) is 22.2 Å². The highest BCUT2D eigenvalue weighted by molar-refractivity contribution is 7.88. The van der Waals surface area contributed by atoms with Crippen LogP contribution >= 0.6 is 0 Å². The fourth-order valence-electron chi connectivity index (χ4n) is 2.98. The molecule has 1 N–H and O–H groups in total. The highest BCUT2D eigenvalue weighted by Gasteiger charge is 2.29. The first kappa shape index (κ1) is 21.1.